The van der Waals surface area contributed by atoms with Crippen LogP contribution in [0.1, 0.15) is 38.2 Å². The molecule has 0 heterocycles. The van der Waals surface area contributed by atoms with Gasteiger partial charge >= 0.3 is 5.69 Å². The third-order valence-corrected chi connectivity index (χ3v) is 2.66. The largest absolute Gasteiger partial charge is 0.483 e. The molecule has 0 saturated heterocycles. The molecule has 1 aromatic rings. The minimum Gasteiger partial charge on any atom is -0.483 e. The van der Waals surface area contributed by atoms with Gasteiger partial charge in [-0.2, -0.15) is 0 Å². The summed E-state index contributed by atoms with van der Waals surface area (Å²) >= 11 is 0. The lowest BCUT2D eigenvalue weighted by Crippen LogP contribution is -2.01. The van der Waals surface area contributed by atoms with E-state index in [9.17, 15) is 10.1 Å². The van der Waals surface area contributed by atoms with Crippen molar-refractivity contribution in [2.75, 3.05) is 0 Å². The molecule has 0 bridgehead atoms. The van der Waals surface area contributed by atoms with Crippen molar-refractivity contribution in [3.8, 4) is 5.75 Å². The average Bonchev–Trinajstić information content (AvgIpc) is 3.01. The molecule has 0 N–H and O–H groups in total. The van der Waals surface area contributed by atoms with Crippen molar-refractivity contribution in [3.05, 3.63) is 33.9 Å². The highest BCUT2D eigenvalue weighted by molar-refractivity contribution is 5.49. The molecule has 1 aliphatic rings. The molecule has 1 saturated carbocycles. The van der Waals surface area contributed by atoms with Gasteiger partial charge in [-0.05, 0) is 30.4 Å². The Morgan fingerprint density at radius 3 is 2.62 bits per heavy atom. The van der Waals surface area contributed by atoms with Gasteiger partial charge < -0.3 is 4.74 Å². The Kier molecular flexibility index (Phi) is 2.81. The SMILES string of the molecule is CC(C)c1ccc(OC2CC2)c([N+](=O)[O-])c1. The van der Waals surface area contributed by atoms with Crippen LogP contribution in [0.15, 0.2) is 18.2 Å². The molecule has 1 aromatic carbocycles. The predicted molar refractivity (Wildman–Crippen MR) is 60.8 cm³/mol. The van der Waals surface area contributed by atoms with Gasteiger partial charge in [0, 0.05) is 6.07 Å². The Morgan fingerprint density at radius 2 is 2.12 bits per heavy atom. The van der Waals surface area contributed by atoms with Gasteiger partial charge in [0.25, 0.3) is 0 Å². The molecular weight excluding hydrogens is 206 g/mol. The molecule has 0 atom stereocenters. The van der Waals surface area contributed by atoms with Gasteiger partial charge in [-0.25, -0.2) is 0 Å². The Labute approximate surface area is 94.4 Å². The second kappa shape index (κ2) is 4.12. The van der Waals surface area contributed by atoms with Gasteiger partial charge in [0.05, 0.1) is 11.0 Å². The molecule has 16 heavy (non-hydrogen) atoms. The number of nitro groups is 1. The van der Waals surface area contributed by atoms with E-state index in [1.54, 1.807) is 12.1 Å². The van der Waals surface area contributed by atoms with Crippen LogP contribution in [0.4, 0.5) is 5.69 Å². The molecule has 0 aromatic heterocycles. The number of benzene rings is 1. The highest BCUT2D eigenvalue weighted by Crippen LogP contribution is 2.35. The van der Waals surface area contributed by atoms with E-state index in [0.29, 0.717) is 5.75 Å². The smallest absolute Gasteiger partial charge is 0.311 e. The summed E-state index contributed by atoms with van der Waals surface area (Å²) < 4.78 is 5.51. The minimum absolute atomic E-state index is 0.0816. The third-order valence-electron chi connectivity index (χ3n) is 2.66. The number of rotatable bonds is 4. The predicted octanol–water partition coefficient (Wildman–Crippen LogP) is 3.26. The molecule has 1 fully saturated rings. The van der Waals surface area contributed by atoms with Crippen molar-refractivity contribution in [2.24, 2.45) is 0 Å². The van der Waals surface area contributed by atoms with Crippen molar-refractivity contribution in [3.63, 3.8) is 0 Å². The normalized spacial score (nSPS) is 15.2. The zero-order valence-electron chi connectivity index (χ0n) is 9.47. The Bertz CT molecular complexity index is 411. The van der Waals surface area contributed by atoms with Gasteiger partial charge in [-0.15, -0.1) is 0 Å². The van der Waals surface area contributed by atoms with Crippen LogP contribution in [0.2, 0.25) is 0 Å². The molecule has 1 aliphatic carbocycles. The summed E-state index contributed by atoms with van der Waals surface area (Å²) in [6.45, 7) is 4.03. The Hall–Kier alpha value is -1.58. The van der Waals surface area contributed by atoms with Gasteiger partial charge in [0.15, 0.2) is 5.75 Å². The van der Waals surface area contributed by atoms with Crippen LogP contribution >= 0.6 is 0 Å². The first-order valence-electron chi connectivity index (χ1n) is 5.53. The van der Waals surface area contributed by atoms with Crippen LogP contribution in [0.5, 0.6) is 5.75 Å². The number of hydrogen-bond donors (Lipinski definition) is 0. The Morgan fingerprint density at radius 1 is 1.44 bits per heavy atom. The lowest BCUT2D eigenvalue weighted by atomic mass is 10.0. The zero-order valence-corrected chi connectivity index (χ0v) is 9.47. The van der Waals surface area contributed by atoms with Gasteiger partial charge in [0.1, 0.15) is 0 Å². The molecule has 0 radical (unpaired) electrons. The monoisotopic (exact) mass is 221 g/mol. The van der Waals surface area contributed by atoms with Crippen LogP contribution in [-0.4, -0.2) is 11.0 Å². The minimum atomic E-state index is -0.371. The van der Waals surface area contributed by atoms with E-state index in [2.05, 4.69) is 0 Å². The first-order chi connectivity index (χ1) is 7.58. The second-order valence-corrected chi connectivity index (χ2v) is 4.46. The number of nitrogens with zero attached hydrogens (tertiary/aromatic N) is 1. The van der Waals surface area contributed by atoms with Gasteiger partial charge in [-0.3, -0.25) is 10.1 Å². The zero-order chi connectivity index (χ0) is 11.7. The third kappa shape index (κ3) is 2.32. The standard InChI is InChI=1S/C12H15NO3/c1-8(2)9-3-6-12(16-10-4-5-10)11(7-9)13(14)15/h3,6-8,10H,4-5H2,1-2H3. The molecule has 2 rings (SSSR count). The summed E-state index contributed by atoms with van der Waals surface area (Å²) in [4.78, 5) is 10.6. The quantitative estimate of drug-likeness (QED) is 0.579. The lowest BCUT2D eigenvalue weighted by molar-refractivity contribution is -0.386. The van der Waals surface area contributed by atoms with E-state index < -0.39 is 0 Å². The molecular formula is C12H15NO3. The van der Waals surface area contributed by atoms with E-state index in [0.717, 1.165) is 18.4 Å². The van der Waals surface area contributed by atoms with Crippen molar-refractivity contribution in [1.29, 1.82) is 0 Å². The first-order valence-corrected chi connectivity index (χ1v) is 5.53. The maximum absolute atomic E-state index is 10.9. The van der Waals surface area contributed by atoms with Gasteiger partial charge in [-0.1, -0.05) is 19.9 Å². The molecule has 0 amide bonds. The maximum Gasteiger partial charge on any atom is 0.311 e. The summed E-state index contributed by atoms with van der Waals surface area (Å²) in [5.74, 6) is 0.686. The number of ether oxygens (including phenoxy) is 1. The topological polar surface area (TPSA) is 52.4 Å². The van der Waals surface area contributed by atoms with Crippen molar-refractivity contribution >= 4 is 5.69 Å². The number of hydrogen-bond acceptors (Lipinski definition) is 3. The van der Waals surface area contributed by atoms with E-state index in [-0.39, 0.29) is 22.6 Å². The summed E-state index contributed by atoms with van der Waals surface area (Å²) in [5.41, 5.74) is 1.05. The Balaban J connectivity index is 2.32. The molecule has 4 heteroatoms. The molecule has 4 nitrogen and oxygen atoms in total. The van der Waals surface area contributed by atoms with Crippen LogP contribution in [0.25, 0.3) is 0 Å². The summed E-state index contributed by atoms with van der Waals surface area (Å²) in [7, 11) is 0. The molecule has 86 valence electrons. The number of nitro benzene ring substituents is 1. The molecule has 0 unspecified atom stereocenters. The van der Waals surface area contributed by atoms with E-state index in [1.165, 1.54) is 0 Å². The van der Waals surface area contributed by atoms with Crippen LogP contribution in [0, 0.1) is 10.1 Å². The second-order valence-electron chi connectivity index (χ2n) is 4.46. The maximum atomic E-state index is 10.9. The molecule has 0 spiro atoms. The van der Waals surface area contributed by atoms with E-state index in [4.69, 9.17) is 4.74 Å². The summed E-state index contributed by atoms with van der Waals surface area (Å²) in [6.07, 6.45) is 2.19. The fourth-order valence-electron chi connectivity index (χ4n) is 1.50. The fourth-order valence-corrected chi connectivity index (χ4v) is 1.50. The highest BCUT2D eigenvalue weighted by atomic mass is 16.6. The lowest BCUT2D eigenvalue weighted by Gasteiger charge is -2.09. The van der Waals surface area contributed by atoms with Crippen molar-refractivity contribution in [2.45, 2.75) is 38.7 Å². The van der Waals surface area contributed by atoms with Crippen LogP contribution in [0.3, 0.4) is 0 Å². The van der Waals surface area contributed by atoms with Crippen LogP contribution in [-0.2, 0) is 0 Å². The summed E-state index contributed by atoms with van der Waals surface area (Å²) in [6, 6.07) is 5.23. The molecule has 0 aliphatic heterocycles. The van der Waals surface area contributed by atoms with E-state index in [1.807, 2.05) is 19.9 Å². The fraction of sp³-hybridized carbons (Fsp3) is 0.500. The highest BCUT2D eigenvalue weighted by Gasteiger charge is 2.27. The van der Waals surface area contributed by atoms with Crippen molar-refractivity contribution < 1.29 is 9.66 Å². The van der Waals surface area contributed by atoms with Crippen LogP contribution < -0.4 is 4.74 Å². The average molecular weight is 221 g/mol. The van der Waals surface area contributed by atoms with Gasteiger partial charge in [0.2, 0.25) is 0 Å². The van der Waals surface area contributed by atoms with Crippen molar-refractivity contribution in [1.82, 2.24) is 0 Å². The van der Waals surface area contributed by atoms with E-state index >= 15 is 0 Å². The summed E-state index contributed by atoms with van der Waals surface area (Å²) in [5, 5.41) is 10.9. The first kappa shape index (κ1) is 10.9.